The highest BCUT2D eigenvalue weighted by molar-refractivity contribution is 6.46. The van der Waals surface area contributed by atoms with Gasteiger partial charge in [0.1, 0.15) is 0 Å². The van der Waals surface area contributed by atoms with Gasteiger partial charge in [-0.3, -0.25) is 9.89 Å². The van der Waals surface area contributed by atoms with Gasteiger partial charge in [0.2, 0.25) is 5.91 Å². The monoisotopic (exact) mass is 409 g/mol. The van der Waals surface area contributed by atoms with E-state index in [1.807, 2.05) is 17.0 Å². The summed E-state index contributed by atoms with van der Waals surface area (Å²) in [5.41, 5.74) is 3.49. The van der Waals surface area contributed by atoms with E-state index in [-0.39, 0.29) is 12.5 Å². The number of anilines is 1. The summed E-state index contributed by atoms with van der Waals surface area (Å²) in [6.07, 6.45) is 6.16. The van der Waals surface area contributed by atoms with Gasteiger partial charge in [0, 0.05) is 67.8 Å². The first kappa shape index (κ1) is 19.5. The van der Waals surface area contributed by atoms with Gasteiger partial charge in [0.05, 0.1) is 21.8 Å². The predicted molar refractivity (Wildman–Crippen MR) is 108 cm³/mol. The van der Waals surface area contributed by atoms with E-state index >= 15 is 0 Å². The molecule has 1 aromatic carbocycles. The van der Waals surface area contributed by atoms with Crippen LogP contribution in [0.1, 0.15) is 13.3 Å². The summed E-state index contributed by atoms with van der Waals surface area (Å²) in [7, 11) is 0. The van der Waals surface area contributed by atoms with Crippen molar-refractivity contribution >= 4 is 45.7 Å². The lowest BCUT2D eigenvalue weighted by atomic mass is 10.1. The number of carbonyl (C=O) groups is 1. The molecule has 2 heterocycles. The second-order valence-corrected chi connectivity index (χ2v) is 6.94. The molecule has 0 fully saturated rings. The van der Waals surface area contributed by atoms with E-state index in [0.717, 1.165) is 27.7 Å². The van der Waals surface area contributed by atoms with Gasteiger partial charge in [-0.15, -0.1) is 0 Å². The first-order chi connectivity index (χ1) is 13.0. The van der Waals surface area contributed by atoms with Gasteiger partial charge >= 0.3 is 0 Å². The second kappa shape index (κ2) is 8.65. The van der Waals surface area contributed by atoms with Crippen LogP contribution in [0.5, 0.6) is 0 Å². The van der Waals surface area contributed by atoms with Crippen LogP contribution in [0.25, 0.3) is 22.0 Å². The van der Waals surface area contributed by atoms with Crippen LogP contribution in [0.2, 0.25) is 10.0 Å². The number of benzene rings is 1. The van der Waals surface area contributed by atoms with Crippen LogP contribution in [0.3, 0.4) is 0 Å². The minimum absolute atomic E-state index is 0.0861. The van der Waals surface area contributed by atoms with Crippen molar-refractivity contribution in [1.29, 1.82) is 0 Å². The Balaban J connectivity index is 2.13. The van der Waals surface area contributed by atoms with E-state index in [4.69, 9.17) is 28.3 Å². The van der Waals surface area contributed by atoms with Crippen LogP contribution in [0.15, 0.2) is 24.7 Å². The van der Waals surface area contributed by atoms with Crippen molar-refractivity contribution < 1.29 is 9.90 Å². The Bertz CT molecular complexity index is 937. The molecular weight excluding hydrogens is 389 g/mol. The van der Waals surface area contributed by atoms with Crippen LogP contribution >= 0.6 is 23.2 Å². The Kier molecular flexibility index (Phi) is 6.26. The summed E-state index contributed by atoms with van der Waals surface area (Å²) in [5.74, 6) is -0.0861. The Morgan fingerprint density at radius 1 is 1.37 bits per heavy atom. The number of hydrogen-bond donors (Lipinski definition) is 4. The number of nitrogens with zero attached hydrogens (tertiary/aromatic N) is 2. The second-order valence-electron chi connectivity index (χ2n) is 6.15. The average molecular weight is 410 g/mol. The first-order valence-electron chi connectivity index (χ1n) is 8.62. The highest BCUT2D eigenvalue weighted by Crippen LogP contribution is 2.42. The Hall–Kier alpha value is -2.22. The van der Waals surface area contributed by atoms with Crippen LogP contribution in [-0.2, 0) is 11.3 Å². The average Bonchev–Trinajstić information content (AvgIpc) is 3.27. The summed E-state index contributed by atoms with van der Waals surface area (Å²) >= 11 is 12.9. The fraction of sp³-hybridized carbons (Fsp3) is 0.333. The van der Waals surface area contributed by atoms with Crippen molar-refractivity contribution in [2.24, 2.45) is 0 Å². The number of halogens is 2. The van der Waals surface area contributed by atoms with Gasteiger partial charge in [-0.1, -0.05) is 23.2 Å². The first-order valence-corrected chi connectivity index (χ1v) is 9.37. The van der Waals surface area contributed by atoms with Crippen LogP contribution in [-0.4, -0.2) is 45.5 Å². The normalized spacial score (nSPS) is 11.1. The lowest BCUT2D eigenvalue weighted by Crippen LogP contribution is -2.24. The van der Waals surface area contributed by atoms with Gasteiger partial charge in [0.15, 0.2) is 0 Å². The molecule has 3 rings (SSSR count). The third kappa shape index (κ3) is 4.21. The van der Waals surface area contributed by atoms with Crippen LogP contribution in [0.4, 0.5) is 5.69 Å². The van der Waals surface area contributed by atoms with E-state index in [1.54, 1.807) is 12.3 Å². The summed E-state index contributed by atoms with van der Waals surface area (Å²) in [4.78, 5) is 11.2. The molecule has 4 N–H and O–H groups in total. The van der Waals surface area contributed by atoms with Gasteiger partial charge in [-0.05, 0) is 12.5 Å². The number of carbonyl (C=O) groups excluding carboxylic acids is 1. The molecule has 0 aliphatic carbocycles. The summed E-state index contributed by atoms with van der Waals surface area (Å²) < 4.78 is 1.99. The van der Waals surface area contributed by atoms with Crippen molar-refractivity contribution in [2.45, 2.75) is 19.9 Å². The zero-order valence-electron chi connectivity index (χ0n) is 14.9. The standard InChI is InChI=1S/C18H21Cl2N5O2/c1-11(27)21-4-5-25-10-13(12-8-23-24-9-12)16-15(22-3-2-6-26)7-14(19)17(20)18(16)25/h7-10,22,26H,2-6H2,1H3,(H,21,27)(H,23,24). The summed E-state index contributed by atoms with van der Waals surface area (Å²) in [6, 6.07) is 1.80. The van der Waals surface area contributed by atoms with Crippen molar-refractivity contribution in [3.05, 3.63) is 34.7 Å². The molecule has 7 nitrogen and oxygen atoms in total. The molecule has 0 spiro atoms. The van der Waals surface area contributed by atoms with E-state index in [2.05, 4.69) is 20.8 Å². The highest BCUT2D eigenvalue weighted by Gasteiger charge is 2.19. The zero-order chi connectivity index (χ0) is 19.4. The Morgan fingerprint density at radius 2 is 2.19 bits per heavy atom. The number of aromatic nitrogens is 3. The Morgan fingerprint density at radius 3 is 2.85 bits per heavy atom. The topological polar surface area (TPSA) is 95.0 Å². The molecular formula is C18H21Cl2N5O2. The zero-order valence-corrected chi connectivity index (χ0v) is 16.4. The van der Waals surface area contributed by atoms with Crippen molar-refractivity contribution in [1.82, 2.24) is 20.1 Å². The maximum absolute atomic E-state index is 11.2. The molecule has 0 saturated heterocycles. The molecule has 0 radical (unpaired) electrons. The SMILES string of the molecule is CC(=O)NCCn1cc(-c2cn[nH]c2)c2c(NCCCO)cc(Cl)c(Cl)c21. The van der Waals surface area contributed by atoms with E-state index < -0.39 is 0 Å². The lowest BCUT2D eigenvalue weighted by molar-refractivity contribution is -0.118. The number of nitrogens with one attached hydrogen (secondary N) is 3. The van der Waals surface area contributed by atoms with Crippen LogP contribution < -0.4 is 10.6 Å². The minimum Gasteiger partial charge on any atom is -0.396 e. The number of aliphatic hydroxyl groups is 1. The van der Waals surface area contributed by atoms with E-state index in [1.165, 1.54) is 6.92 Å². The molecule has 3 aromatic rings. The fourth-order valence-corrected chi connectivity index (χ4v) is 3.48. The maximum atomic E-state index is 11.2. The summed E-state index contributed by atoms with van der Waals surface area (Å²) in [5, 5.41) is 23.9. The third-order valence-corrected chi connectivity index (χ3v) is 5.00. The molecule has 0 unspecified atom stereocenters. The predicted octanol–water partition coefficient (Wildman–Crippen LogP) is 3.27. The molecule has 0 aliphatic rings. The molecule has 0 aliphatic heterocycles. The van der Waals surface area contributed by atoms with E-state index in [0.29, 0.717) is 36.1 Å². The number of hydrogen-bond acceptors (Lipinski definition) is 4. The Labute approximate surface area is 166 Å². The smallest absolute Gasteiger partial charge is 0.216 e. The number of aliphatic hydroxyl groups excluding tert-OH is 1. The van der Waals surface area contributed by atoms with Gasteiger partial charge < -0.3 is 20.3 Å². The molecule has 9 heteroatoms. The van der Waals surface area contributed by atoms with Crippen molar-refractivity contribution in [3.8, 4) is 11.1 Å². The minimum atomic E-state index is -0.0861. The number of aromatic amines is 1. The van der Waals surface area contributed by atoms with Crippen molar-refractivity contribution in [3.63, 3.8) is 0 Å². The van der Waals surface area contributed by atoms with Crippen molar-refractivity contribution in [2.75, 3.05) is 25.0 Å². The number of H-pyrrole nitrogens is 1. The van der Waals surface area contributed by atoms with Gasteiger partial charge in [-0.25, -0.2) is 0 Å². The molecule has 144 valence electrons. The van der Waals surface area contributed by atoms with E-state index in [9.17, 15) is 4.79 Å². The highest BCUT2D eigenvalue weighted by atomic mass is 35.5. The van der Waals surface area contributed by atoms with Crippen LogP contribution in [0, 0.1) is 0 Å². The third-order valence-electron chi connectivity index (χ3n) is 4.22. The van der Waals surface area contributed by atoms with Gasteiger partial charge in [0.25, 0.3) is 0 Å². The molecule has 2 aromatic heterocycles. The largest absolute Gasteiger partial charge is 0.396 e. The summed E-state index contributed by atoms with van der Waals surface area (Å²) in [6.45, 7) is 3.21. The number of rotatable bonds is 8. The number of amides is 1. The number of fused-ring (bicyclic) bond motifs is 1. The fourth-order valence-electron chi connectivity index (χ4n) is 3.03. The molecule has 0 bridgehead atoms. The van der Waals surface area contributed by atoms with Gasteiger partial charge in [-0.2, -0.15) is 5.10 Å². The quantitative estimate of drug-likeness (QED) is 0.429. The molecule has 0 saturated carbocycles. The molecule has 1 amide bonds. The maximum Gasteiger partial charge on any atom is 0.216 e. The molecule has 0 atom stereocenters. The molecule has 27 heavy (non-hydrogen) atoms. The lowest BCUT2D eigenvalue weighted by Gasteiger charge is -2.13.